The molecule has 0 bridgehead atoms. The van der Waals surface area contributed by atoms with Crippen molar-refractivity contribution in [2.24, 2.45) is 5.41 Å². The summed E-state index contributed by atoms with van der Waals surface area (Å²) in [7, 11) is 0. The molecular formula is C19H18O3. The summed E-state index contributed by atoms with van der Waals surface area (Å²) in [5, 5.41) is 0. The maximum absolute atomic E-state index is 12.5. The maximum atomic E-state index is 12.5. The van der Waals surface area contributed by atoms with Gasteiger partial charge in [-0.2, -0.15) is 0 Å². The molecule has 0 saturated heterocycles. The lowest BCUT2D eigenvalue weighted by molar-refractivity contribution is -0.112. The van der Waals surface area contributed by atoms with Gasteiger partial charge in [-0.3, -0.25) is 4.79 Å². The van der Waals surface area contributed by atoms with E-state index >= 15 is 0 Å². The Balaban J connectivity index is 1.88. The molecule has 1 aliphatic rings. The lowest BCUT2D eigenvalue weighted by atomic mass is 9.72. The second-order valence-corrected chi connectivity index (χ2v) is 6.07. The smallest absolute Gasteiger partial charge is 0.182 e. The molecule has 0 aromatic carbocycles. The minimum absolute atomic E-state index is 0.0340. The summed E-state index contributed by atoms with van der Waals surface area (Å²) >= 11 is 0. The molecule has 0 radical (unpaired) electrons. The molecular weight excluding hydrogens is 276 g/mol. The van der Waals surface area contributed by atoms with Crippen LogP contribution in [0.1, 0.15) is 31.8 Å². The van der Waals surface area contributed by atoms with Gasteiger partial charge < -0.3 is 8.83 Å². The van der Waals surface area contributed by atoms with E-state index in [0.29, 0.717) is 5.76 Å². The first kappa shape index (κ1) is 14.4. The van der Waals surface area contributed by atoms with Gasteiger partial charge in [-0.1, -0.05) is 19.9 Å². The number of hydrogen-bond acceptors (Lipinski definition) is 3. The highest BCUT2D eigenvalue weighted by atomic mass is 16.3. The van der Waals surface area contributed by atoms with Gasteiger partial charge in [0.25, 0.3) is 0 Å². The van der Waals surface area contributed by atoms with Gasteiger partial charge in [0.05, 0.1) is 12.5 Å². The average molecular weight is 294 g/mol. The number of ketones is 1. The third-order valence-corrected chi connectivity index (χ3v) is 3.79. The Hall–Kier alpha value is -2.55. The molecule has 0 aliphatic heterocycles. The van der Waals surface area contributed by atoms with E-state index in [1.54, 1.807) is 18.6 Å². The van der Waals surface area contributed by atoms with Crippen LogP contribution in [0.5, 0.6) is 0 Å². The molecule has 0 unspecified atom stereocenters. The predicted octanol–water partition coefficient (Wildman–Crippen LogP) is 4.89. The van der Waals surface area contributed by atoms with Crippen LogP contribution in [0.4, 0.5) is 0 Å². The topological polar surface area (TPSA) is 43.4 Å². The summed E-state index contributed by atoms with van der Waals surface area (Å²) in [5.74, 6) is 1.52. The fraction of sp³-hybridized carbons (Fsp3) is 0.211. The summed E-state index contributed by atoms with van der Waals surface area (Å²) in [4.78, 5) is 12.5. The highest BCUT2D eigenvalue weighted by Gasteiger charge is 2.32. The first-order valence-electron chi connectivity index (χ1n) is 7.27. The molecule has 0 spiro atoms. The van der Waals surface area contributed by atoms with Gasteiger partial charge in [-0.15, -0.1) is 0 Å². The Labute approximate surface area is 129 Å². The highest BCUT2D eigenvalue weighted by Crippen LogP contribution is 2.39. The third-order valence-electron chi connectivity index (χ3n) is 3.79. The summed E-state index contributed by atoms with van der Waals surface area (Å²) in [6.07, 6.45) is 11.4. The second kappa shape index (κ2) is 5.68. The number of furan rings is 2. The fourth-order valence-electron chi connectivity index (χ4n) is 2.70. The predicted molar refractivity (Wildman–Crippen MR) is 85.9 cm³/mol. The lowest BCUT2D eigenvalue weighted by Gasteiger charge is -2.31. The van der Waals surface area contributed by atoms with Crippen LogP contribution in [0.15, 0.2) is 68.9 Å². The van der Waals surface area contributed by atoms with E-state index in [-0.39, 0.29) is 11.2 Å². The number of carbonyl (C=O) groups is 1. The Morgan fingerprint density at radius 2 is 1.73 bits per heavy atom. The standard InChI is InChI=1S/C19H18O3/c1-19(2)13-14(7-8-15-5-3-9-21-15)11-18(20)17(19)12-16-6-4-10-22-16/h3-12H,13H2,1-2H3/b8-7+,17-12?. The van der Waals surface area contributed by atoms with E-state index in [9.17, 15) is 4.79 Å². The molecule has 3 nitrogen and oxygen atoms in total. The Morgan fingerprint density at radius 3 is 2.32 bits per heavy atom. The van der Waals surface area contributed by atoms with Crippen molar-refractivity contribution in [1.29, 1.82) is 0 Å². The molecule has 22 heavy (non-hydrogen) atoms. The van der Waals surface area contributed by atoms with Crippen molar-refractivity contribution in [3.8, 4) is 0 Å². The van der Waals surface area contributed by atoms with Crippen LogP contribution in [-0.4, -0.2) is 5.78 Å². The van der Waals surface area contributed by atoms with Crippen molar-refractivity contribution in [3.63, 3.8) is 0 Å². The van der Waals surface area contributed by atoms with Crippen LogP contribution < -0.4 is 0 Å². The van der Waals surface area contributed by atoms with Gasteiger partial charge >= 0.3 is 0 Å². The van der Waals surface area contributed by atoms with Crippen LogP contribution in [0.25, 0.3) is 12.2 Å². The summed E-state index contributed by atoms with van der Waals surface area (Å²) < 4.78 is 10.6. The summed E-state index contributed by atoms with van der Waals surface area (Å²) in [6.45, 7) is 4.15. The molecule has 0 amide bonds. The van der Waals surface area contributed by atoms with E-state index in [4.69, 9.17) is 8.83 Å². The van der Waals surface area contributed by atoms with Gasteiger partial charge in [-0.25, -0.2) is 0 Å². The quantitative estimate of drug-likeness (QED) is 0.757. The van der Waals surface area contributed by atoms with Gasteiger partial charge in [-0.05, 0) is 59.9 Å². The number of rotatable bonds is 3. The molecule has 3 rings (SSSR count). The van der Waals surface area contributed by atoms with Crippen molar-refractivity contribution >= 4 is 17.9 Å². The normalized spacial score (nSPS) is 19.8. The van der Waals surface area contributed by atoms with Gasteiger partial charge in [0.2, 0.25) is 0 Å². The van der Waals surface area contributed by atoms with Gasteiger partial charge in [0.15, 0.2) is 5.78 Å². The molecule has 1 aliphatic carbocycles. The molecule has 0 saturated carbocycles. The molecule has 3 heteroatoms. The summed E-state index contributed by atoms with van der Waals surface area (Å²) in [6, 6.07) is 7.40. The van der Waals surface area contributed by atoms with E-state index in [2.05, 4.69) is 13.8 Å². The van der Waals surface area contributed by atoms with Crippen molar-refractivity contribution in [3.05, 3.63) is 71.6 Å². The second-order valence-electron chi connectivity index (χ2n) is 6.07. The van der Waals surface area contributed by atoms with Crippen LogP contribution in [0.2, 0.25) is 0 Å². The average Bonchev–Trinajstić information content (AvgIpc) is 3.13. The molecule has 2 aromatic rings. The van der Waals surface area contributed by atoms with Crippen LogP contribution in [0.3, 0.4) is 0 Å². The largest absolute Gasteiger partial charge is 0.465 e. The van der Waals surface area contributed by atoms with Gasteiger partial charge in [0.1, 0.15) is 11.5 Å². The Kier molecular flexibility index (Phi) is 3.72. The van der Waals surface area contributed by atoms with Crippen molar-refractivity contribution < 1.29 is 13.6 Å². The first-order valence-corrected chi connectivity index (χ1v) is 7.27. The van der Waals surface area contributed by atoms with E-state index < -0.39 is 0 Å². The minimum atomic E-state index is -0.235. The fourth-order valence-corrected chi connectivity index (χ4v) is 2.70. The van der Waals surface area contributed by atoms with Crippen LogP contribution in [-0.2, 0) is 4.79 Å². The Bertz CT molecular complexity index is 739. The van der Waals surface area contributed by atoms with E-state index in [0.717, 1.165) is 23.3 Å². The molecule has 0 fully saturated rings. The zero-order valence-corrected chi connectivity index (χ0v) is 12.7. The van der Waals surface area contributed by atoms with Crippen molar-refractivity contribution in [2.45, 2.75) is 20.3 Å². The zero-order chi connectivity index (χ0) is 15.6. The molecule has 0 N–H and O–H groups in total. The Morgan fingerprint density at radius 1 is 1.05 bits per heavy atom. The number of carbonyl (C=O) groups excluding carboxylic acids is 1. The molecule has 112 valence electrons. The minimum Gasteiger partial charge on any atom is -0.465 e. The molecule has 0 atom stereocenters. The van der Waals surface area contributed by atoms with Crippen molar-refractivity contribution in [1.82, 2.24) is 0 Å². The SMILES string of the molecule is CC1(C)CC(/C=C/c2ccco2)=CC(=O)C1=Cc1ccco1. The molecule has 2 aromatic heterocycles. The van der Waals surface area contributed by atoms with Crippen LogP contribution >= 0.6 is 0 Å². The number of allylic oxidation sites excluding steroid dienone is 4. The van der Waals surface area contributed by atoms with Crippen LogP contribution in [0, 0.1) is 5.41 Å². The zero-order valence-electron chi connectivity index (χ0n) is 12.7. The summed E-state index contributed by atoms with van der Waals surface area (Å²) in [5.41, 5.74) is 1.54. The third kappa shape index (κ3) is 3.03. The monoisotopic (exact) mass is 294 g/mol. The molecule has 2 heterocycles. The van der Waals surface area contributed by atoms with E-state index in [1.807, 2.05) is 42.5 Å². The number of hydrogen-bond donors (Lipinski definition) is 0. The van der Waals surface area contributed by atoms with Crippen molar-refractivity contribution in [2.75, 3.05) is 0 Å². The van der Waals surface area contributed by atoms with E-state index in [1.165, 1.54) is 0 Å². The lowest BCUT2D eigenvalue weighted by Crippen LogP contribution is -2.25. The van der Waals surface area contributed by atoms with Gasteiger partial charge in [0, 0.05) is 5.57 Å². The maximum Gasteiger partial charge on any atom is 0.182 e. The highest BCUT2D eigenvalue weighted by molar-refractivity contribution is 6.09. The first-order chi connectivity index (χ1) is 10.5.